The van der Waals surface area contributed by atoms with E-state index in [1.54, 1.807) is 0 Å². The zero-order valence-electron chi connectivity index (χ0n) is 33.6. The molecule has 0 aliphatic heterocycles. The summed E-state index contributed by atoms with van der Waals surface area (Å²) in [7, 11) is 2.15. The molecule has 5 aromatic rings. The van der Waals surface area contributed by atoms with E-state index < -0.39 is 0 Å². The minimum Gasteiger partial charge on any atom is -0.371 e. The van der Waals surface area contributed by atoms with Crippen molar-refractivity contribution in [1.82, 2.24) is 0 Å². The number of rotatable bonds is 13. The fourth-order valence-corrected chi connectivity index (χ4v) is 7.17. The summed E-state index contributed by atoms with van der Waals surface area (Å²) >= 11 is 0. The van der Waals surface area contributed by atoms with Crippen LogP contribution in [0.25, 0.3) is 16.7 Å². The molecule has 5 rings (SSSR count). The number of hydrogen-bond acceptors (Lipinski definition) is 3. The van der Waals surface area contributed by atoms with Gasteiger partial charge in [-0.25, -0.2) is 0 Å². The van der Waals surface area contributed by atoms with Crippen LogP contribution in [0.5, 0.6) is 0 Å². The first-order valence-corrected chi connectivity index (χ1v) is 18.7. The van der Waals surface area contributed by atoms with Crippen LogP contribution in [-0.2, 0) is 0 Å². The number of benzene rings is 5. The highest BCUT2D eigenvalue weighted by Crippen LogP contribution is 2.38. The van der Waals surface area contributed by atoms with Gasteiger partial charge in [-0.15, -0.1) is 0 Å². The molecule has 0 aliphatic rings. The number of nitrogens with zero attached hydrogens (tertiary/aromatic N) is 3. The van der Waals surface area contributed by atoms with Crippen LogP contribution in [0.15, 0.2) is 145 Å². The van der Waals surface area contributed by atoms with Gasteiger partial charge in [0.25, 0.3) is 0 Å². The standard InChI is InChI=1S/C50H57N3/c1-13-38(8)47(21-16-28-51(12)42-19-14-17-36(6)29-42)48-25-22-45(31-39(48)9)53(35(4)5)46-24-27-50(41(11)33-46)49-26-23-44(32-40(49)10)52(34(2)3)43-20-15-18-37(7)30-43/h14-27,29-33H,2,4,13,28H2,1,3,5-12H3/b21-16-,47-38+. The van der Waals surface area contributed by atoms with Gasteiger partial charge < -0.3 is 14.7 Å². The summed E-state index contributed by atoms with van der Waals surface area (Å²) in [6, 6.07) is 37.5. The summed E-state index contributed by atoms with van der Waals surface area (Å²) in [5.74, 6) is 0. The highest BCUT2D eigenvalue weighted by molar-refractivity contribution is 5.82. The van der Waals surface area contributed by atoms with E-state index in [-0.39, 0.29) is 0 Å². The van der Waals surface area contributed by atoms with Crippen LogP contribution in [0.1, 0.15) is 67.5 Å². The predicted molar refractivity (Wildman–Crippen MR) is 234 cm³/mol. The number of likely N-dealkylation sites (N-methyl/N-ethyl adjacent to an activating group) is 1. The average Bonchev–Trinajstić information content (AvgIpc) is 3.10. The third kappa shape index (κ3) is 8.92. The molecule has 3 nitrogen and oxygen atoms in total. The smallest absolute Gasteiger partial charge is 0.0461 e. The predicted octanol–water partition coefficient (Wildman–Crippen LogP) is 14.1. The van der Waals surface area contributed by atoms with Crippen LogP contribution in [0, 0.1) is 34.6 Å². The summed E-state index contributed by atoms with van der Waals surface area (Å²) < 4.78 is 0. The molecule has 272 valence electrons. The maximum atomic E-state index is 4.41. The van der Waals surface area contributed by atoms with E-state index in [0.717, 1.165) is 47.1 Å². The maximum absolute atomic E-state index is 4.41. The van der Waals surface area contributed by atoms with Crippen LogP contribution >= 0.6 is 0 Å². The second-order valence-corrected chi connectivity index (χ2v) is 14.6. The van der Waals surface area contributed by atoms with Crippen molar-refractivity contribution in [2.75, 3.05) is 28.3 Å². The molecule has 0 unspecified atom stereocenters. The molecule has 0 amide bonds. The molecule has 0 saturated heterocycles. The van der Waals surface area contributed by atoms with Crippen LogP contribution in [0.3, 0.4) is 0 Å². The van der Waals surface area contributed by atoms with E-state index in [2.05, 4.69) is 212 Å². The Morgan fingerprint density at radius 2 is 1.02 bits per heavy atom. The van der Waals surface area contributed by atoms with Crippen LogP contribution in [0.2, 0.25) is 0 Å². The molecule has 0 atom stereocenters. The van der Waals surface area contributed by atoms with Gasteiger partial charge in [0.1, 0.15) is 0 Å². The SMILES string of the molecule is C=C(C)N(c1cccc(C)c1)c1ccc(-c2ccc(N(C(=C)C)c3ccc(C(/C=C\CN(C)c4cccc(C)c4)=C(\C)CC)c(C)c3)cc2C)c(C)c1. The molecule has 0 bridgehead atoms. The monoisotopic (exact) mass is 699 g/mol. The van der Waals surface area contributed by atoms with Crippen LogP contribution in [0.4, 0.5) is 28.4 Å². The Labute approximate surface area is 319 Å². The molecule has 0 fully saturated rings. The third-order valence-electron chi connectivity index (χ3n) is 10.1. The number of hydrogen-bond donors (Lipinski definition) is 0. The topological polar surface area (TPSA) is 9.72 Å². The quantitative estimate of drug-likeness (QED) is 0.113. The Morgan fingerprint density at radius 3 is 1.47 bits per heavy atom. The molecule has 3 heteroatoms. The number of aryl methyl sites for hydroxylation is 5. The van der Waals surface area contributed by atoms with Crippen molar-refractivity contribution in [2.24, 2.45) is 0 Å². The molecule has 0 aliphatic carbocycles. The van der Waals surface area contributed by atoms with Gasteiger partial charge in [0.15, 0.2) is 0 Å². The van der Waals surface area contributed by atoms with Gasteiger partial charge in [-0.05, 0) is 173 Å². The fourth-order valence-electron chi connectivity index (χ4n) is 7.17. The highest BCUT2D eigenvalue weighted by atomic mass is 15.1. The first-order chi connectivity index (χ1) is 25.3. The van der Waals surface area contributed by atoms with Crippen LogP contribution < -0.4 is 14.7 Å². The van der Waals surface area contributed by atoms with Crippen LogP contribution in [-0.4, -0.2) is 13.6 Å². The molecule has 53 heavy (non-hydrogen) atoms. The molecule has 0 aromatic heterocycles. The Hall–Kier alpha value is -5.54. The van der Waals surface area contributed by atoms with Crippen molar-refractivity contribution in [1.29, 1.82) is 0 Å². The summed E-state index contributed by atoms with van der Waals surface area (Å²) in [6.45, 7) is 29.1. The lowest BCUT2D eigenvalue weighted by Gasteiger charge is -2.28. The largest absolute Gasteiger partial charge is 0.371 e. The van der Waals surface area contributed by atoms with Crippen molar-refractivity contribution in [3.05, 3.63) is 179 Å². The molecular weight excluding hydrogens is 643 g/mol. The molecule has 0 saturated carbocycles. The molecule has 0 heterocycles. The zero-order valence-corrected chi connectivity index (χ0v) is 33.6. The minimum absolute atomic E-state index is 0.837. The zero-order chi connectivity index (χ0) is 38.4. The van der Waals surface area contributed by atoms with Gasteiger partial charge in [0, 0.05) is 53.4 Å². The van der Waals surface area contributed by atoms with Gasteiger partial charge in [-0.3, -0.25) is 0 Å². The minimum atomic E-state index is 0.837. The van der Waals surface area contributed by atoms with E-state index in [0.29, 0.717) is 0 Å². The van der Waals surface area contributed by atoms with Gasteiger partial charge in [-0.2, -0.15) is 0 Å². The van der Waals surface area contributed by atoms with Crippen molar-refractivity contribution >= 4 is 34.0 Å². The van der Waals surface area contributed by atoms with Gasteiger partial charge >= 0.3 is 0 Å². The third-order valence-corrected chi connectivity index (χ3v) is 10.1. The second-order valence-electron chi connectivity index (χ2n) is 14.6. The van der Waals surface area contributed by atoms with Crippen molar-refractivity contribution in [3.63, 3.8) is 0 Å². The van der Waals surface area contributed by atoms with Crippen molar-refractivity contribution < 1.29 is 0 Å². The summed E-state index contributed by atoms with van der Waals surface area (Å²) in [5, 5.41) is 0. The second kappa shape index (κ2) is 16.9. The van der Waals surface area contributed by atoms with Crippen molar-refractivity contribution in [3.8, 4) is 11.1 Å². The summed E-state index contributed by atoms with van der Waals surface area (Å²) in [4.78, 5) is 6.77. The maximum Gasteiger partial charge on any atom is 0.0461 e. The van der Waals surface area contributed by atoms with Crippen molar-refractivity contribution in [2.45, 2.75) is 68.7 Å². The first kappa shape index (κ1) is 38.7. The fraction of sp³-hybridized carbons (Fsp3) is 0.240. The van der Waals surface area contributed by atoms with Gasteiger partial charge in [0.05, 0.1) is 0 Å². The Kier molecular flexibility index (Phi) is 12.3. The lowest BCUT2D eigenvalue weighted by atomic mass is 9.93. The Balaban J connectivity index is 1.41. The van der Waals surface area contributed by atoms with Gasteiger partial charge in [-0.1, -0.05) is 80.3 Å². The van der Waals surface area contributed by atoms with E-state index in [1.807, 2.05) is 0 Å². The van der Waals surface area contributed by atoms with E-state index in [4.69, 9.17) is 0 Å². The van der Waals surface area contributed by atoms with E-state index in [9.17, 15) is 0 Å². The van der Waals surface area contributed by atoms with E-state index >= 15 is 0 Å². The van der Waals surface area contributed by atoms with E-state index in [1.165, 1.54) is 61.3 Å². The normalized spacial score (nSPS) is 11.7. The lowest BCUT2D eigenvalue weighted by Crippen LogP contribution is -2.16. The number of allylic oxidation sites excluding steroid dienone is 5. The Bertz CT molecular complexity index is 2200. The Morgan fingerprint density at radius 1 is 0.566 bits per heavy atom. The van der Waals surface area contributed by atoms with Gasteiger partial charge in [0.2, 0.25) is 0 Å². The summed E-state index contributed by atoms with van der Waals surface area (Å²) in [5.41, 5.74) is 20.2. The molecular formula is C50H57N3. The highest BCUT2D eigenvalue weighted by Gasteiger charge is 2.17. The molecule has 0 spiro atoms. The molecule has 0 radical (unpaired) electrons. The summed E-state index contributed by atoms with van der Waals surface area (Å²) in [6.07, 6.45) is 5.59. The lowest BCUT2D eigenvalue weighted by molar-refractivity contribution is 1.03. The molecule has 0 N–H and O–H groups in total. The molecule has 5 aromatic carbocycles. The average molecular weight is 700 g/mol. The first-order valence-electron chi connectivity index (χ1n) is 18.7. The number of anilines is 5.